The Morgan fingerprint density at radius 2 is 1.35 bits per heavy atom. The summed E-state index contributed by atoms with van der Waals surface area (Å²) in [5, 5.41) is 10.2. The van der Waals surface area contributed by atoms with Crippen molar-refractivity contribution in [3.05, 3.63) is 28.8 Å². The van der Waals surface area contributed by atoms with Crippen LogP contribution >= 0.6 is 0 Å². The van der Waals surface area contributed by atoms with E-state index in [1.54, 1.807) is 12.1 Å². The molecule has 0 spiro atoms. The van der Waals surface area contributed by atoms with Gasteiger partial charge in [0, 0.05) is 0 Å². The molecule has 0 amide bonds. The summed E-state index contributed by atoms with van der Waals surface area (Å²) in [4.78, 5) is 12.9. The zero-order valence-electron chi connectivity index (χ0n) is 17.9. The third-order valence-corrected chi connectivity index (χ3v) is 4.67. The Kier molecular flexibility index (Phi) is 8.17. The second-order valence-corrected chi connectivity index (χ2v) is 9.32. The Labute approximate surface area is 160 Å². The third-order valence-electron chi connectivity index (χ3n) is 4.67. The van der Waals surface area contributed by atoms with E-state index in [1.807, 2.05) is 0 Å². The van der Waals surface area contributed by atoms with Crippen molar-refractivity contribution in [3.8, 4) is 5.75 Å². The van der Waals surface area contributed by atoms with E-state index in [9.17, 15) is 9.90 Å². The molecule has 0 fully saturated rings. The highest BCUT2D eigenvalue weighted by Gasteiger charge is 2.31. The molecule has 0 saturated heterocycles. The van der Waals surface area contributed by atoms with Crippen LogP contribution in [0.4, 0.5) is 0 Å². The summed E-state index contributed by atoms with van der Waals surface area (Å²) in [7, 11) is 0. The van der Waals surface area contributed by atoms with Gasteiger partial charge >= 0.3 is 5.97 Å². The van der Waals surface area contributed by atoms with Crippen LogP contribution in [0.1, 0.15) is 108 Å². The van der Waals surface area contributed by atoms with Gasteiger partial charge in [0.15, 0.2) is 0 Å². The summed E-state index contributed by atoms with van der Waals surface area (Å²) in [6.45, 7) is 15.0. The maximum Gasteiger partial charge on any atom is 0.338 e. The van der Waals surface area contributed by atoms with E-state index in [0.29, 0.717) is 12.2 Å². The van der Waals surface area contributed by atoms with Gasteiger partial charge in [-0.25, -0.2) is 4.79 Å². The van der Waals surface area contributed by atoms with Crippen LogP contribution < -0.4 is 0 Å². The molecule has 1 aromatic rings. The molecule has 1 N–H and O–H groups in total. The fraction of sp³-hybridized carbons (Fsp3) is 0.696. The lowest BCUT2D eigenvalue weighted by molar-refractivity contribution is 0.0492. The van der Waals surface area contributed by atoms with Crippen LogP contribution in [0.2, 0.25) is 0 Å². The number of carbonyl (C=O) groups excluding carboxylic acids is 1. The number of benzene rings is 1. The first kappa shape index (κ1) is 22.5. The SMILES string of the molecule is CCCCCCCCOC(=O)c1c(C(C)(C)C)cc(O)cc1C(C)(C)C. The molecule has 1 aromatic carbocycles. The first-order valence-electron chi connectivity index (χ1n) is 10.0. The number of phenols is 1. The van der Waals surface area contributed by atoms with Crippen molar-refractivity contribution in [2.45, 2.75) is 97.8 Å². The highest BCUT2D eigenvalue weighted by Crippen LogP contribution is 2.37. The molecule has 0 bridgehead atoms. The van der Waals surface area contributed by atoms with Crippen LogP contribution in [0.3, 0.4) is 0 Å². The van der Waals surface area contributed by atoms with Crippen LogP contribution in [0.15, 0.2) is 12.1 Å². The molecule has 3 heteroatoms. The van der Waals surface area contributed by atoms with Gasteiger partial charge in [-0.2, -0.15) is 0 Å². The highest BCUT2D eigenvalue weighted by molar-refractivity contribution is 5.94. The van der Waals surface area contributed by atoms with Crippen LogP contribution in [0, 0.1) is 0 Å². The zero-order chi connectivity index (χ0) is 20.0. The van der Waals surface area contributed by atoms with Gasteiger partial charge in [-0.15, -0.1) is 0 Å². The van der Waals surface area contributed by atoms with Gasteiger partial charge < -0.3 is 9.84 Å². The lowest BCUT2D eigenvalue weighted by Gasteiger charge is -2.29. The minimum atomic E-state index is -0.270. The molecule has 0 aliphatic rings. The fourth-order valence-electron chi connectivity index (χ4n) is 3.15. The maximum absolute atomic E-state index is 12.9. The smallest absolute Gasteiger partial charge is 0.338 e. The number of rotatable bonds is 8. The molecule has 0 aromatic heterocycles. The normalized spacial score (nSPS) is 12.3. The molecule has 0 radical (unpaired) electrons. The first-order valence-corrected chi connectivity index (χ1v) is 10.0. The summed E-state index contributed by atoms with van der Waals surface area (Å²) in [5.74, 6) is -0.0688. The maximum atomic E-state index is 12.9. The Bertz CT molecular complexity index is 553. The number of unbranched alkanes of at least 4 members (excludes halogenated alkanes) is 5. The van der Waals surface area contributed by atoms with E-state index in [4.69, 9.17) is 4.74 Å². The Morgan fingerprint density at radius 1 is 0.885 bits per heavy atom. The predicted octanol–water partition coefficient (Wildman–Crippen LogP) is 6.50. The number of hydrogen-bond donors (Lipinski definition) is 1. The Balaban J connectivity index is 2.96. The van der Waals surface area contributed by atoms with E-state index in [2.05, 4.69) is 48.5 Å². The minimum absolute atomic E-state index is 0.201. The third kappa shape index (κ3) is 6.66. The lowest BCUT2D eigenvalue weighted by Crippen LogP contribution is -2.25. The fourth-order valence-corrected chi connectivity index (χ4v) is 3.15. The van der Waals surface area contributed by atoms with Crippen LogP contribution in [-0.2, 0) is 15.6 Å². The summed E-state index contributed by atoms with van der Waals surface area (Å²) in [6.07, 6.45) is 6.97. The second-order valence-electron chi connectivity index (χ2n) is 9.32. The number of hydrogen-bond acceptors (Lipinski definition) is 3. The molecule has 0 aliphatic heterocycles. The quantitative estimate of drug-likeness (QED) is 0.424. The van der Waals surface area contributed by atoms with Gasteiger partial charge in [0.1, 0.15) is 5.75 Å². The molecule has 26 heavy (non-hydrogen) atoms. The molecule has 0 unspecified atom stereocenters. The van der Waals surface area contributed by atoms with Crippen LogP contribution in [-0.4, -0.2) is 17.7 Å². The molecular formula is C23H38O3. The minimum Gasteiger partial charge on any atom is -0.508 e. The van der Waals surface area contributed by atoms with Gasteiger partial charge in [0.2, 0.25) is 0 Å². The Hall–Kier alpha value is -1.51. The van der Waals surface area contributed by atoms with E-state index in [1.165, 1.54) is 25.7 Å². The summed E-state index contributed by atoms with van der Waals surface area (Å²) in [5.41, 5.74) is 1.79. The van der Waals surface area contributed by atoms with Gasteiger partial charge in [-0.05, 0) is 40.5 Å². The van der Waals surface area contributed by atoms with E-state index >= 15 is 0 Å². The van der Waals surface area contributed by atoms with Crippen LogP contribution in [0.25, 0.3) is 0 Å². The molecule has 1 rings (SSSR count). The molecule has 0 saturated carbocycles. The van der Waals surface area contributed by atoms with E-state index in [-0.39, 0.29) is 22.5 Å². The summed E-state index contributed by atoms with van der Waals surface area (Å²) < 4.78 is 5.63. The van der Waals surface area contributed by atoms with Crippen molar-refractivity contribution < 1.29 is 14.6 Å². The molecular weight excluding hydrogens is 324 g/mol. The summed E-state index contributed by atoms with van der Waals surface area (Å²) in [6, 6.07) is 3.41. The van der Waals surface area contributed by atoms with Gasteiger partial charge in [0.25, 0.3) is 0 Å². The van der Waals surface area contributed by atoms with Gasteiger partial charge in [-0.3, -0.25) is 0 Å². The van der Waals surface area contributed by atoms with Crippen molar-refractivity contribution >= 4 is 5.97 Å². The number of aromatic hydroxyl groups is 1. The Morgan fingerprint density at radius 3 is 1.81 bits per heavy atom. The van der Waals surface area contributed by atoms with Crippen molar-refractivity contribution in [3.63, 3.8) is 0 Å². The molecule has 0 atom stereocenters. The summed E-state index contributed by atoms with van der Waals surface area (Å²) >= 11 is 0. The number of carbonyl (C=O) groups is 1. The first-order chi connectivity index (χ1) is 12.0. The van der Waals surface area contributed by atoms with Crippen molar-refractivity contribution in [1.29, 1.82) is 0 Å². The number of esters is 1. The van der Waals surface area contributed by atoms with Crippen molar-refractivity contribution in [1.82, 2.24) is 0 Å². The standard InChI is InChI=1S/C23H38O3/c1-8-9-10-11-12-13-14-26-21(25)20-18(22(2,3)4)15-17(24)16-19(20)23(5,6)7/h15-16,24H,8-14H2,1-7H3. The van der Waals surface area contributed by atoms with Gasteiger partial charge in [0.05, 0.1) is 12.2 Å². The molecule has 0 heterocycles. The van der Waals surface area contributed by atoms with Crippen molar-refractivity contribution in [2.24, 2.45) is 0 Å². The average Bonchev–Trinajstić information content (AvgIpc) is 2.51. The highest BCUT2D eigenvalue weighted by atomic mass is 16.5. The van der Waals surface area contributed by atoms with Crippen molar-refractivity contribution in [2.75, 3.05) is 6.61 Å². The number of ether oxygens (including phenoxy) is 1. The molecule has 148 valence electrons. The molecule has 0 aliphatic carbocycles. The topological polar surface area (TPSA) is 46.5 Å². The predicted molar refractivity (Wildman–Crippen MR) is 109 cm³/mol. The monoisotopic (exact) mass is 362 g/mol. The zero-order valence-corrected chi connectivity index (χ0v) is 17.9. The largest absolute Gasteiger partial charge is 0.508 e. The van der Waals surface area contributed by atoms with Gasteiger partial charge in [-0.1, -0.05) is 80.6 Å². The average molecular weight is 363 g/mol. The second kappa shape index (κ2) is 9.43. The number of phenolic OH excluding ortho intramolecular Hbond substituents is 1. The molecule has 3 nitrogen and oxygen atoms in total. The van der Waals surface area contributed by atoms with E-state index < -0.39 is 0 Å². The lowest BCUT2D eigenvalue weighted by atomic mass is 9.76. The van der Waals surface area contributed by atoms with Crippen LogP contribution in [0.5, 0.6) is 5.75 Å². The van der Waals surface area contributed by atoms with E-state index in [0.717, 1.165) is 24.0 Å².